The third-order valence-electron chi connectivity index (χ3n) is 6.46. The normalized spacial score (nSPS) is 14.9. The van der Waals surface area contributed by atoms with Crippen molar-refractivity contribution in [2.45, 2.75) is 64.6 Å². The second kappa shape index (κ2) is 12.4. The molecule has 0 heterocycles. The minimum atomic E-state index is -3.77. The molecule has 1 N–H and O–H groups in total. The lowest BCUT2D eigenvalue weighted by molar-refractivity contribution is -0.140. The lowest BCUT2D eigenvalue weighted by atomic mass is 10.1. The number of hydrogen-bond donors (Lipinski definition) is 1. The molecule has 1 saturated carbocycles. The van der Waals surface area contributed by atoms with Crippen LogP contribution < -0.4 is 9.62 Å². The number of carbonyl (C=O) groups is 2. The van der Waals surface area contributed by atoms with Crippen molar-refractivity contribution in [2.75, 3.05) is 17.1 Å². The summed E-state index contributed by atoms with van der Waals surface area (Å²) >= 11 is 9.46. The van der Waals surface area contributed by atoms with Crippen LogP contribution in [0.25, 0.3) is 0 Å². The van der Waals surface area contributed by atoms with Gasteiger partial charge in [-0.15, -0.1) is 0 Å². The maximum absolute atomic E-state index is 13.7. The first kappa shape index (κ1) is 28.5. The summed E-state index contributed by atoms with van der Waals surface area (Å²) in [7, 11) is -3.77. The largest absolute Gasteiger partial charge is 0.352 e. The fraction of sp³-hybridized carbons (Fsp3) is 0.462. The van der Waals surface area contributed by atoms with Gasteiger partial charge in [-0.2, -0.15) is 0 Å². The Kier molecular flexibility index (Phi) is 9.83. The molecule has 0 aromatic heterocycles. The van der Waals surface area contributed by atoms with E-state index in [1.807, 2.05) is 13.8 Å². The first-order valence-corrected chi connectivity index (χ1v) is 15.1. The topological polar surface area (TPSA) is 86.8 Å². The van der Waals surface area contributed by atoms with Crippen LogP contribution in [0.5, 0.6) is 0 Å². The van der Waals surface area contributed by atoms with Crippen molar-refractivity contribution in [3.63, 3.8) is 0 Å². The Morgan fingerprint density at radius 3 is 2.33 bits per heavy atom. The highest BCUT2D eigenvalue weighted by molar-refractivity contribution is 9.10. The smallest absolute Gasteiger partial charge is 0.244 e. The van der Waals surface area contributed by atoms with E-state index in [-0.39, 0.29) is 18.5 Å². The third-order valence-corrected chi connectivity index (χ3v) is 8.74. The molecule has 36 heavy (non-hydrogen) atoms. The molecule has 1 aliphatic carbocycles. The number of benzene rings is 2. The van der Waals surface area contributed by atoms with Gasteiger partial charge >= 0.3 is 0 Å². The number of carbonyl (C=O) groups excluding carboxylic acids is 2. The van der Waals surface area contributed by atoms with Crippen LogP contribution in [0.3, 0.4) is 0 Å². The predicted molar refractivity (Wildman–Crippen MR) is 148 cm³/mol. The Balaban J connectivity index is 1.92. The van der Waals surface area contributed by atoms with E-state index in [1.165, 1.54) is 4.90 Å². The van der Waals surface area contributed by atoms with Gasteiger partial charge in [0, 0.05) is 22.1 Å². The summed E-state index contributed by atoms with van der Waals surface area (Å²) in [5.41, 5.74) is 2.03. The number of amides is 2. The van der Waals surface area contributed by atoms with E-state index in [9.17, 15) is 18.0 Å². The number of sulfonamides is 1. The molecule has 0 unspecified atom stereocenters. The highest BCUT2D eigenvalue weighted by Gasteiger charge is 2.33. The molecule has 0 spiro atoms. The van der Waals surface area contributed by atoms with Crippen molar-refractivity contribution >= 4 is 55.1 Å². The molecular formula is C26H33BrClN3O4S. The zero-order valence-electron chi connectivity index (χ0n) is 20.8. The highest BCUT2D eigenvalue weighted by atomic mass is 79.9. The molecule has 1 aliphatic rings. The minimum Gasteiger partial charge on any atom is -0.352 e. The van der Waals surface area contributed by atoms with E-state index in [2.05, 4.69) is 21.2 Å². The van der Waals surface area contributed by atoms with E-state index in [4.69, 9.17) is 11.6 Å². The summed E-state index contributed by atoms with van der Waals surface area (Å²) < 4.78 is 27.4. The second-order valence-corrected chi connectivity index (χ2v) is 12.5. The van der Waals surface area contributed by atoms with Crippen molar-refractivity contribution in [3.8, 4) is 0 Å². The first-order valence-electron chi connectivity index (χ1n) is 12.1. The van der Waals surface area contributed by atoms with Crippen LogP contribution in [0, 0.1) is 6.92 Å². The fourth-order valence-electron chi connectivity index (χ4n) is 4.47. The van der Waals surface area contributed by atoms with Crippen LogP contribution >= 0.6 is 27.5 Å². The van der Waals surface area contributed by atoms with Gasteiger partial charge in [0.15, 0.2) is 0 Å². The lowest BCUT2D eigenvalue weighted by Crippen LogP contribution is -2.53. The summed E-state index contributed by atoms with van der Waals surface area (Å²) in [6, 6.07) is 11.6. The SMILES string of the molecule is CC[C@H](C(=O)NC1CCCC1)N(Cc1ccc(Cl)cc1)C(=O)CN(c1ccc(Br)c(C)c1)S(C)(=O)=O. The number of anilines is 1. The summed E-state index contributed by atoms with van der Waals surface area (Å²) in [6.45, 7) is 3.45. The van der Waals surface area contributed by atoms with Crippen molar-refractivity contribution in [2.24, 2.45) is 0 Å². The third kappa shape index (κ3) is 7.46. The Hall–Kier alpha value is -2.10. The molecule has 2 aromatic carbocycles. The molecule has 2 aromatic rings. The number of hydrogen-bond acceptors (Lipinski definition) is 4. The van der Waals surface area contributed by atoms with E-state index in [0.29, 0.717) is 17.1 Å². The Morgan fingerprint density at radius 1 is 1.14 bits per heavy atom. The molecule has 0 aliphatic heterocycles. The monoisotopic (exact) mass is 597 g/mol. The molecule has 0 saturated heterocycles. The Labute approximate surface area is 227 Å². The van der Waals surface area contributed by atoms with Gasteiger partial charge < -0.3 is 10.2 Å². The van der Waals surface area contributed by atoms with Crippen molar-refractivity contribution in [1.29, 1.82) is 0 Å². The average Bonchev–Trinajstić information content (AvgIpc) is 3.32. The first-order chi connectivity index (χ1) is 17.0. The fourth-order valence-corrected chi connectivity index (χ4v) is 5.69. The molecule has 10 heteroatoms. The van der Waals surface area contributed by atoms with Crippen LogP contribution in [0.15, 0.2) is 46.9 Å². The molecule has 2 amide bonds. The van der Waals surface area contributed by atoms with Crippen LogP contribution in [0.2, 0.25) is 5.02 Å². The van der Waals surface area contributed by atoms with Crippen LogP contribution in [-0.4, -0.2) is 50.0 Å². The van der Waals surface area contributed by atoms with Crippen LogP contribution in [0.4, 0.5) is 5.69 Å². The zero-order valence-corrected chi connectivity index (χ0v) is 24.0. The average molecular weight is 599 g/mol. The molecule has 0 radical (unpaired) electrons. The summed E-state index contributed by atoms with van der Waals surface area (Å²) in [5.74, 6) is -0.665. The van der Waals surface area contributed by atoms with Gasteiger partial charge in [0.2, 0.25) is 21.8 Å². The molecule has 1 atom stereocenters. The van der Waals surface area contributed by atoms with Crippen LogP contribution in [0.1, 0.15) is 50.2 Å². The van der Waals surface area contributed by atoms with Gasteiger partial charge in [0.25, 0.3) is 0 Å². The summed E-state index contributed by atoms with van der Waals surface area (Å²) in [5, 5.41) is 3.66. The van der Waals surface area contributed by atoms with Crippen molar-refractivity contribution in [1.82, 2.24) is 10.2 Å². The maximum Gasteiger partial charge on any atom is 0.244 e. The maximum atomic E-state index is 13.7. The van der Waals surface area contributed by atoms with Crippen LogP contribution in [-0.2, 0) is 26.2 Å². The molecular weight excluding hydrogens is 566 g/mol. The van der Waals surface area contributed by atoms with E-state index >= 15 is 0 Å². The molecule has 7 nitrogen and oxygen atoms in total. The number of nitrogens with zero attached hydrogens (tertiary/aromatic N) is 2. The van der Waals surface area contributed by atoms with E-state index in [1.54, 1.807) is 42.5 Å². The van der Waals surface area contributed by atoms with E-state index < -0.39 is 28.5 Å². The zero-order chi connectivity index (χ0) is 26.5. The molecule has 3 rings (SSSR count). The van der Waals surface area contributed by atoms with Gasteiger partial charge in [-0.1, -0.05) is 59.4 Å². The molecule has 196 valence electrons. The summed E-state index contributed by atoms with van der Waals surface area (Å²) in [4.78, 5) is 28.5. The summed E-state index contributed by atoms with van der Waals surface area (Å²) in [6.07, 6.45) is 5.48. The van der Waals surface area contributed by atoms with Gasteiger partial charge in [-0.05, 0) is 67.6 Å². The predicted octanol–water partition coefficient (Wildman–Crippen LogP) is 5.04. The quantitative estimate of drug-likeness (QED) is 0.415. The van der Waals surface area contributed by atoms with Crippen molar-refractivity contribution in [3.05, 3.63) is 63.1 Å². The van der Waals surface area contributed by atoms with Gasteiger partial charge in [0.1, 0.15) is 12.6 Å². The Morgan fingerprint density at radius 2 is 1.78 bits per heavy atom. The standard InChI is InChI=1S/C26H33BrClN3O4S/c1-4-24(26(33)29-21-7-5-6-8-21)30(16-19-9-11-20(28)12-10-19)25(32)17-31(36(3,34)35)22-13-14-23(27)18(2)15-22/h9-15,21,24H,4-8,16-17H2,1-3H3,(H,29,33)/t24-/m1/s1. The van der Waals surface area contributed by atoms with Crippen molar-refractivity contribution < 1.29 is 18.0 Å². The van der Waals surface area contributed by atoms with Gasteiger partial charge in [-0.25, -0.2) is 8.42 Å². The number of halogens is 2. The van der Waals surface area contributed by atoms with Gasteiger partial charge in [-0.3, -0.25) is 13.9 Å². The minimum absolute atomic E-state index is 0.109. The number of nitrogens with one attached hydrogen (secondary N) is 1. The molecule has 0 bridgehead atoms. The number of aryl methyl sites for hydroxylation is 1. The number of rotatable bonds is 10. The lowest BCUT2D eigenvalue weighted by Gasteiger charge is -2.33. The molecule has 1 fully saturated rings. The van der Waals surface area contributed by atoms with E-state index in [0.717, 1.165) is 51.8 Å². The van der Waals surface area contributed by atoms with Gasteiger partial charge in [0.05, 0.1) is 11.9 Å². The highest BCUT2D eigenvalue weighted by Crippen LogP contribution is 2.26. The second-order valence-electron chi connectivity index (χ2n) is 9.27. The Bertz CT molecular complexity index is 1180.